The average Bonchev–Trinajstić information content (AvgIpc) is 2.79. The number of carbonyl (C=O) groups is 4. The molecule has 1 heterocycles. The van der Waals surface area contributed by atoms with Gasteiger partial charge in [0.15, 0.2) is 0 Å². The number of amides is 4. The van der Waals surface area contributed by atoms with E-state index in [4.69, 9.17) is 0 Å². The van der Waals surface area contributed by atoms with Crippen LogP contribution in [0.15, 0.2) is 36.5 Å². The van der Waals surface area contributed by atoms with E-state index in [0.717, 1.165) is 19.3 Å². The number of hydrogen-bond donors (Lipinski definition) is 6. The van der Waals surface area contributed by atoms with Crippen molar-refractivity contribution in [3.05, 3.63) is 36.5 Å². The topological polar surface area (TPSA) is 157 Å². The number of nitrogens with one attached hydrogen (secondary N) is 4. The molecule has 0 saturated carbocycles. The predicted molar refractivity (Wildman–Crippen MR) is 138 cm³/mol. The first-order valence-corrected chi connectivity index (χ1v) is 12.6. The van der Waals surface area contributed by atoms with Crippen molar-refractivity contribution < 1.29 is 29.4 Å². The van der Waals surface area contributed by atoms with Gasteiger partial charge in [-0.1, -0.05) is 44.6 Å². The molecule has 0 unspecified atom stereocenters. The number of hydrogen-bond acceptors (Lipinski definition) is 6. The zero-order chi connectivity index (χ0) is 27.1. The summed E-state index contributed by atoms with van der Waals surface area (Å²) in [6.07, 6.45) is 10.3. The van der Waals surface area contributed by atoms with Crippen LogP contribution in [0.5, 0.6) is 0 Å². The molecule has 0 radical (unpaired) electrons. The SMILES string of the molecule is CC(C)CCC/C=C/C=C/C(=O)N[C@H](C(=O)N[C@H]1C[C@@H](O)CCNC(=O)/C=C/[C@H](C)NC1=O)[C@@H](C)O. The molecule has 1 rings (SSSR count). The second kappa shape index (κ2) is 16.6. The van der Waals surface area contributed by atoms with E-state index >= 15 is 0 Å². The van der Waals surface area contributed by atoms with Gasteiger partial charge < -0.3 is 31.5 Å². The Balaban J connectivity index is 2.79. The minimum absolute atomic E-state index is 0.105. The van der Waals surface area contributed by atoms with Crippen molar-refractivity contribution in [2.75, 3.05) is 6.54 Å². The Morgan fingerprint density at radius 3 is 2.61 bits per heavy atom. The molecular weight excluding hydrogens is 464 g/mol. The summed E-state index contributed by atoms with van der Waals surface area (Å²) in [7, 11) is 0. The third-order valence-electron chi connectivity index (χ3n) is 5.53. The van der Waals surface area contributed by atoms with Crippen LogP contribution in [0.2, 0.25) is 0 Å². The van der Waals surface area contributed by atoms with Crippen molar-refractivity contribution in [1.29, 1.82) is 0 Å². The van der Waals surface area contributed by atoms with Gasteiger partial charge in [-0.15, -0.1) is 0 Å². The molecule has 0 bridgehead atoms. The molecule has 0 aromatic rings. The second-order valence-corrected chi connectivity index (χ2v) is 9.53. The standard InChI is InChI=1S/C26H42N4O6/c1-17(2)10-8-6-5-7-9-11-23(34)30-24(19(4)31)26(36)29-21-16-20(32)14-15-27-22(33)13-12-18(3)28-25(21)35/h5,7,9,11-13,17-21,24,31-32H,6,8,10,14-16H2,1-4H3,(H,27,33)(H,28,35)(H,29,36)(H,30,34)/b7-5+,11-9+,13-12+/t18-,19+,20-,21-,24-/m0/s1. The van der Waals surface area contributed by atoms with Gasteiger partial charge in [-0.2, -0.15) is 0 Å². The Labute approximate surface area is 213 Å². The van der Waals surface area contributed by atoms with Gasteiger partial charge in [0.25, 0.3) is 0 Å². The maximum Gasteiger partial charge on any atom is 0.245 e. The van der Waals surface area contributed by atoms with Gasteiger partial charge in [0.2, 0.25) is 23.6 Å². The van der Waals surface area contributed by atoms with E-state index in [1.807, 2.05) is 6.08 Å². The highest BCUT2D eigenvalue weighted by Crippen LogP contribution is 2.07. The zero-order valence-electron chi connectivity index (χ0n) is 21.7. The number of allylic oxidation sites excluding steroid dienone is 3. The van der Waals surface area contributed by atoms with Crippen LogP contribution in [0.25, 0.3) is 0 Å². The second-order valence-electron chi connectivity index (χ2n) is 9.53. The van der Waals surface area contributed by atoms with Gasteiger partial charge in [0.1, 0.15) is 12.1 Å². The molecule has 36 heavy (non-hydrogen) atoms. The highest BCUT2D eigenvalue weighted by atomic mass is 16.3. The fourth-order valence-electron chi connectivity index (χ4n) is 3.48. The Bertz CT molecular complexity index is 821. The van der Waals surface area contributed by atoms with Crippen molar-refractivity contribution in [2.45, 2.75) is 90.1 Å². The largest absolute Gasteiger partial charge is 0.393 e. The Morgan fingerprint density at radius 2 is 1.94 bits per heavy atom. The van der Waals surface area contributed by atoms with E-state index in [1.54, 1.807) is 19.1 Å². The van der Waals surface area contributed by atoms with Gasteiger partial charge in [0.05, 0.1) is 12.2 Å². The quantitative estimate of drug-likeness (QED) is 0.145. The molecule has 0 aromatic heterocycles. The summed E-state index contributed by atoms with van der Waals surface area (Å²) < 4.78 is 0. The molecule has 4 amide bonds. The molecule has 1 aliphatic heterocycles. The Morgan fingerprint density at radius 1 is 1.22 bits per heavy atom. The fourth-order valence-corrected chi connectivity index (χ4v) is 3.48. The van der Waals surface area contributed by atoms with Crippen LogP contribution >= 0.6 is 0 Å². The van der Waals surface area contributed by atoms with E-state index in [1.165, 1.54) is 25.2 Å². The number of aliphatic hydroxyl groups excluding tert-OH is 2. The molecular formula is C26H42N4O6. The Kier molecular flexibility index (Phi) is 14.4. The smallest absolute Gasteiger partial charge is 0.245 e. The third-order valence-corrected chi connectivity index (χ3v) is 5.53. The molecule has 0 saturated heterocycles. The van der Waals surface area contributed by atoms with Crippen molar-refractivity contribution >= 4 is 23.6 Å². The molecule has 0 aliphatic carbocycles. The highest BCUT2D eigenvalue weighted by molar-refractivity contribution is 5.95. The van der Waals surface area contributed by atoms with E-state index in [2.05, 4.69) is 35.1 Å². The number of aliphatic hydroxyl groups is 2. The van der Waals surface area contributed by atoms with Gasteiger partial charge in [-0.3, -0.25) is 19.2 Å². The van der Waals surface area contributed by atoms with E-state index in [-0.39, 0.29) is 25.3 Å². The number of rotatable bonds is 10. The van der Waals surface area contributed by atoms with Crippen molar-refractivity contribution in [1.82, 2.24) is 21.3 Å². The maximum atomic E-state index is 12.9. The van der Waals surface area contributed by atoms with Crippen LogP contribution < -0.4 is 21.3 Å². The van der Waals surface area contributed by atoms with Crippen molar-refractivity contribution in [2.24, 2.45) is 5.92 Å². The molecule has 0 aromatic carbocycles. The highest BCUT2D eigenvalue weighted by Gasteiger charge is 2.31. The van der Waals surface area contributed by atoms with Crippen molar-refractivity contribution in [3.8, 4) is 0 Å². The van der Waals surface area contributed by atoms with Crippen LogP contribution in [0.3, 0.4) is 0 Å². The van der Waals surface area contributed by atoms with Crippen LogP contribution in [0, 0.1) is 5.92 Å². The molecule has 6 N–H and O–H groups in total. The van der Waals surface area contributed by atoms with E-state index < -0.39 is 48.1 Å². The number of carbonyl (C=O) groups excluding carboxylic acids is 4. The summed E-state index contributed by atoms with van der Waals surface area (Å²) in [5, 5.41) is 30.7. The third kappa shape index (κ3) is 13.2. The van der Waals surface area contributed by atoms with E-state index in [0.29, 0.717) is 5.92 Å². The van der Waals surface area contributed by atoms with Gasteiger partial charge in [-0.25, -0.2) is 0 Å². The minimum Gasteiger partial charge on any atom is -0.393 e. The van der Waals surface area contributed by atoms with Crippen LogP contribution in [-0.2, 0) is 19.2 Å². The normalized spacial score (nSPS) is 24.4. The lowest BCUT2D eigenvalue weighted by Gasteiger charge is -2.26. The van der Waals surface area contributed by atoms with Crippen LogP contribution in [-0.4, -0.2) is 70.7 Å². The first-order valence-electron chi connectivity index (χ1n) is 12.6. The molecule has 5 atom stereocenters. The summed E-state index contributed by atoms with van der Waals surface area (Å²) in [5.74, 6) is -1.57. The molecule has 10 nitrogen and oxygen atoms in total. The molecule has 0 fully saturated rings. The van der Waals surface area contributed by atoms with Gasteiger partial charge >= 0.3 is 0 Å². The van der Waals surface area contributed by atoms with E-state index in [9.17, 15) is 29.4 Å². The monoisotopic (exact) mass is 506 g/mol. The lowest BCUT2D eigenvalue weighted by Crippen LogP contribution is -2.58. The number of unbranched alkanes of at least 4 members (excludes halogenated alkanes) is 1. The van der Waals surface area contributed by atoms with Gasteiger partial charge in [0, 0.05) is 31.2 Å². The van der Waals surface area contributed by atoms with Crippen LogP contribution in [0.1, 0.15) is 59.8 Å². The lowest BCUT2D eigenvalue weighted by atomic mass is 10.0. The Hall–Kier alpha value is -2.98. The molecule has 0 spiro atoms. The molecule has 1 aliphatic rings. The zero-order valence-corrected chi connectivity index (χ0v) is 21.7. The minimum atomic E-state index is -1.31. The first kappa shape index (κ1) is 31.1. The summed E-state index contributed by atoms with van der Waals surface area (Å²) in [6, 6.07) is -2.92. The summed E-state index contributed by atoms with van der Waals surface area (Å²) >= 11 is 0. The van der Waals surface area contributed by atoms with Crippen molar-refractivity contribution in [3.63, 3.8) is 0 Å². The maximum absolute atomic E-state index is 12.9. The fraction of sp³-hybridized carbons (Fsp3) is 0.615. The predicted octanol–water partition coefficient (Wildman–Crippen LogP) is 0.607. The van der Waals surface area contributed by atoms with Gasteiger partial charge in [-0.05, 0) is 39.0 Å². The summed E-state index contributed by atoms with van der Waals surface area (Å²) in [6.45, 7) is 7.54. The molecule has 202 valence electrons. The summed E-state index contributed by atoms with van der Waals surface area (Å²) in [4.78, 5) is 49.6. The first-order chi connectivity index (χ1) is 17.0. The average molecular weight is 507 g/mol. The lowest BCUT2D eigenvalue weighted by molar-refractivity contribution is -0.134. The van der Waals surface area contributed by atoms with Crippen LogP contribution in [0.4, 0.5) is 0 Å². The summed E-state index contributed by atoms with van der Waals surface area (Å²) in [5.41, 5.74) is 0. The molecule has 10 heteroatoms.